The standard InChI is InChI=1S/C26H38N2O6/c1-26(2,3)13-12-20(29)21(30)22(31)23(34-4)24(32)27-18-15-16-9-5-6-10-17(16)19-11-7-8-14-28(19)25(18)33/h5-6,9-10,12-13,18-23,29-31H,7-8,11,14-15H2,1-4H3,(H,27,32)/t18-,19+,20+,21-,22+,23+/m0/s1. The maximum absolute atomic E-state index is 13.4. The summed E-state index contributed by atoms with van der Waals surface area (Å²) >= 11 is 0. The summed E-state index contributed by atoms with van der Waals surface area (Å²) in [4.78, 5) is 28.3. The van der Waals surface area contributed by atoms with Gasteiger partial charge >= 0.3 is 0 Å². The highest BCUT2D eigenvalue weighted by Crippen LogP contribution is 2.36. The van der Waals surface area contributed by atoms with E-state index >= 15 is 0 Å². The normalized spacial score (nSPS) is 24.6. The van der Waals surface area contributed by atoms with Crippen LogP contribution in [0.5, 0.6) is 0 Å². The number of methoxy groups -OCH3 is 1. The van der Waals surface area contributed by atoms with Crippen molar-refractivity contribution in [2.75, 3.05) is 13.7 Å². The zero-order valence-electron chi connectivity index (χ0n) is 20.5. The van der Waals surface area contributed by atoms with Crippen LogP contribution in [0.3, 0.4) is 0 Å². The van der Waals surface area contributed by atoms with Crippen LogP contribution in [0.2, 0.25) is 0 Å². The van der Waals surface area contributed by atoms with E-state index in [0.717, 1.165) is 30.4 Å². The monoisotopic (exact) mass is 474 g/mol. The predicted octanol–water partition coefficient (Wildman–Crippen LogP) is 1.48. The molecule has 1 saturated heterocycles. The van der Waals surface area contributed by atoms with Gasteiger partial charge in [-0.3, -0.25) is 9.59 Å². The van der Waals surface area contributed by atoms with Crippen LogP contribution in [0, 0.1) is 5.41 Å². The Morgan fingerprint density at radius 3 is 2.56 bits per heavy atom. The van der Waals surface area contributed by atoms with Gasteiger partial charge in [-0.15, -0.1) is 0 Å². The summed E-state index contributed by atoms with van der Waals surface area (Å²) in [6, 6.07) is 7.09. The van der Waals surface area contributed by atoms with Crippen molar-refractivity contribution in [2.24, 2.45) is 5.41 Å². The summed E-state index contributed by atoms with van der Waals surface area (Å²) in [6.07, 6.45) is 0.0862. The molecule has 1 aromatic rings. The molecule has 2 aliphatic rings. The molecule has 6 atom stereocenters. The number of hydrogen-bond donors (Lipinski definition) is 4. The Morgan fingerprint density at radius 1 is 1.18 bits per heavy atom. The lowest BCUT2D eigenvalue weighted by Crippen LogP contribution is -2.56. The molecule has 0 unspecified atom stereocenters. The van der Waals surface area contributed by atoms with Crippen molar-refractivity contribution < 1.29 is 29.6 Å². The number of rotatable bonds is 7. The number of aliphatic hydroxyl groups excluding tert-OH is 3. The van der Waals surface area contributed by atoms with Crippen molar-refractivity contribution in [1.82, 2.24) is 10.2 Å². The first kappa shape index (κ1) is 26.3. The number of carbonyl (C=O) groups is 2. The quantitative estimate of drug-likeness (QED) is 0.445. The van der Waals surface area contributed by atoms with Crippen molar-refractivity contribution in [3.8, 4) is 0 Å². The van der Waals surface area contributed by atoms with Gasteiger partial charge in [0.1, 0.15) is 24.4 Å². The Hall–Kier alpha value is -2.26. The van der Waals surface area contributed by atoms with Crippen LogP contribution in [-0.2, 0) is 20.7 Å². The Bertz CT molecular complexity index is 896. The molecule has 2 amide bonds. The van der Waals surface area contributed by atoms with Crippen LogP contribution < -0.4 is 5.32 Å². The zero-order valence-corrected chi connectivity index (χ0v) is 20.5. The van der Waals surface area contributed by atoms with E-state index in [4.69, 9.17) is 4.74 Å². The highest BCUT2D eigenvalue weighted by molar-refractivity contribution is 5.90. The van der Waals surface area contributed by atoms with Crippen molar-refractivity contribution in [3.05, 3.63) is 47.5 Å². The minimum atomic E-state index is -1.69. The van der Waals surface area contributed by atoms with E-state index < -0.39 is 36.4 Å². The number of amides is 2. The average Bonchev–Trinajstić information content (AvgIpc) is 2.92. The van der Waals surface area contributed by atoms with Crippen LogP contribution in [-0.4, -0.2) is 76.1 Å². The molecule has 8 heteroatoms. The molecule has 0 bridgehead atoms. The fourth-order valence-electron chi connectivity index (χ4n) is 4.72. The third kappa shape index (κ3) is 6.05. The van der Waals surface area contributed by atoms with Gasteiger partial charge < -0.3 is 30.3 Å². The summed E-state index contributed by atoms with van der Waals surface area (Å²) in [6.45, 7) is 6.42. The minimum Gasteiger partial charge on any atom is -0.387 e. The molecular formula is C26H38N2O6. The lowest BCUT2D eigenvalue weighted by Gasteiger charge is -2.36. The van der Waals surface area contributed by atoms with Crippen LogP contribution in [0.1, 0.15) is 57.2 Å². The molecule has 4 N–H and O–H groups in total. The molecule has 8 nitrogen and oxygen atoms in total. The van der Waals surface area contributed by atoms with Crippen molar-refractivity contribution >= 4 is 11.8 Å². The number of allylic oxidation sites excluding steroid dienone is 1. The summed E-state index contributed by atoms with van der Waals surface area (Å²) < 4.78 is 5.19. The second-order valence-electron chi connectivity index (χ2n) is 10.4. The molecule has 0 spiro atoms. The SMILES string of the molecule is CO[C@@H](C(=O)N[C@H]1Cc2ccccc2[C@H]2CCCCN2C1=O)[C@H](O)[C@@H](O)[C@H](O)C=CC(C)(C)C. The first-order valence-corrected chi connectivity index (χ1v) is 12.0. The van der Waals surface area contributed by atoms with Gasteiger partial charge in [-0.05, 0) is 35.8 Å². The molecule has 3 rings (SSSR count). The summed E-state index contributed by atoms with van der Waals surface area (Å²) in [5.74, 6) is -0.875. The molecule has 2 aliphatic heterocycles. The number of nitrogens with zero attached hydrogens (tertiary/aromatic N) is 1. The Morgan fingerprint density at radius 2 is 1.88 bits per heavy atom. The average molecular weight is 475 g/mol. The van der Waals surface area contributed by atoms with Crippen LogP contribution in [0.25, 0.3) is 0 Å². The van der Waals surface area contributed by atoms with Gasteiger partial charge in [-0.25, -0.2) is 0 Å². The second kappa shape index (κ2) is 11.0. The van der Waals surface area contributed by atoms with Gasteiger partial charge in [-0.2, -0.15) is 0 Å². The highest BCUT2D eigenvalue weighted by Gasteiger charge is 2.40. The smallest absolute Gasteiger partial charge is 0.252 e. The molecule has 1 aromatic carbocycles. The van der Waals surface area contributed by atoms with Crippen molar-refractivity contribution in [3.63, 3.8) is 0 Å². The number of hydrogen-bond acceptors (Lipinski definition) is 6. The van der Waals surface area contributed by atoms with E-state index in [1.54, 1.807) is 6.08 Å². The number of ether oxygens (including phenoxy) is 1. The largest absolute Gasteiger partial charge is 0.387 e. The van der Waals surface area contributed by atoms with E-state index in [1.165, 1.54) is 13.2 Å². The lowest BCUT2D eigenvalue weighted by molar-refractivity contribution is -0.152. The molecule has 0 aliphatic carbocycles. The Balaban J connectivity index is 1.76. The molecule has 2 heterocycles. The van der Waals surface area contributed by atoms with Gasteiger partial charge in [0.05, 0.1) is 6.04 Å². The zero-order chi connectivity index (χ0) is 25.0. The molecule has 0 saturated carbocycles. The van der Waals surface area contributed by atoms with Gasteiger partial charge in [0.2, 0.25) is 5.91 Å². The fourth-order valence-corrected chi connectivity index (χ4v) is 4.72. The van der Waals surface area contributed by atoms with Gasteiger partial charge in [-0.1, -0.05) is 57.2 Å². The van der Waals surface area contributed by atoms with Crippen molar-refractivity contribution in [2.45, 2.75) is 83.0 Å². The van der Waals surface area contributed by atoms with Gasteiger partial charge in [0.15, 0.2) is 6.10 Å². The van der Waals surface area contributed by atoms with E-state index in [2.05, 4.69) is 5.32 Å². The summed E-state index contributed by atoms with van der Waals surface area (Å²) in [7, 11) is 1.24. The highest BCUT2D eigenvalue weighted by atomic mass is 16.5. The predicted molar refractivity (Wildman–Crippen MR) is 128 cm³/mol. The lowest BCUT2D eigenvalue weighted by atomic mass is 9.92. The fraction of sp³-hybridized carbons (Fsp3) is 0.615. The molecule has 0 aromatic heterocycles. The number of piperidine rings is 1. The van der Waals surface area contributed by atoms with Crippen LogP contribution in [0.15, 0.2) is 36.4 Å². The molecular weight excluding hydrogens is 436 g/mol. The van der Waals surface area contributed by atoms with Gasteiger partial charge in [0, 0.05) is 20.1 Å². The number of aliphatic hydroxyl groups is 3. The molecule has 1 fully saturated rings. The summed E-state index contributed by atoms with van der Waals surface area (Å²) in [5, 5.41) is 34.1. The van der Waals surface area contributed by atoms with Crippen LogP contribution in [0.4, 0.5) is 0 Å². The van der Waals surface area contributed by atoms with E-state index in [-0.39, 0.29) is 17.4 Å². The number of fused-ring (bicyclic) bond motifs is 3. The maximum Gasteiger partial charge on any atom is 0.252 e. The molecule has 34 heavy (non-hydrogen) atoms. The molecule has 0 radical (unpaired) electrons. The second-order valence-corrected chi connectivity index (χ2v) is 10.4. The topological polar surface area (TPSA) is 119 Å². The summed E-state index contributed by atoms with van der Waals surface area (Å²) in [5.41, 5.74) is 1.89. The maximum atomic E-state index is 13.4. The molecule has 188 valence electrons. The van der Waals surface area contributed by atoms with Crippen molar-refractivity contribution in [1.29, 1.82) is 0 Å². The minimum absolute atomic E-state index is 0.00487. The van der Waals surface area contributed by atoms with E-state index in [0.29, 0.717) is 13.0 Å². The van der Waals surface area contributed by atoms with Crippen LogP contribution >= 0.6 is 0 Å². The first-order valence-electron chi connectivity index (χ1n) is 12.0. The van der Waals surface area contributed by atoms with E-state index in [9.17, 15) is 24.9 Å². The third-order valence-electron chi connectivity index (χ3n) is 6.55. The Labute approximate surface area is 201 Å². The van der Waals surface area contributed by atoms with Gasteiger partial charge in [0.25, 0.3) is 5.91 Å². The number of nitrogens with one attached hydrogen (secondary N) is 1. The van der Waals surface area contributed by atoms with E-state index in [1.807, 2.05) is 49.9 Å². The third-order valence-corrected chi connectivity index (χ3v) is 6.55. The first-order chi connectivity index (χ1) is 16.0. The Kier molecular flexibility index (Phi) is 8.52. The number of benzene rings is 1. The number of carbonyl (C=O) groups excluding carboxylic acids is 2.